The van der Waals surface area contributed by atoms with Crippen LogP contribution in [0.1, 0.15) is 18.9 Å². The molecule has 1 N–H and O–H groups in total. The minimum atomic E-state index is -0.495. The van der Waals surface area contributed by atoms with E-state index in [9.17, 15) is 9.59 Å². The maximum absolute atomic E-state index is 11.8. The van der Waals surface area contributed by atoms with Gasteiger partial charge in [0.15, 0.2) is 0 Å². The van der Waals surface area contributed by atoms with Gasteiger partial charge in [-0.05, 0) is 18.9 Å². The third kappa shape index (κ3) is 2.84. The Kier molecular flexibility index (Phi) is 3.42. The van der Waals surface area contributed by atoms with Gasteiger partial charge in [-0.1, -0.05) is 30.3 Å². The van der Waals surface area contributed by atoms with Crippen molar-refractivity contribution in [1.29, 1.82) is 0 Å². The van der Waals surface area contributed by atoms with Gasteiger partial charge in [0.25, 0.3) is 0 Å². The van der Waals surface area contributed by atoms with Gasteiger partial charge in [-0.15, -0.1) is 0 Å². The fourth-order valence-corrected chi connectivity index (χ4v) is 1.91. The lowest BCUT2D eigenvalue weighted by Crippen LogP contribution is -2.40. The van der Waals surface area contributed by atoms with Gasteiger partial charge in [0.1, 0.15) is 0 Å². The number of amides is 2. The Bertz CT molecular complexity index is 417. The number of nitrogens with one attached hydrogen (secondary N) is 1. The lowest BCUT2D eigenvalue weighted by Gasteiger charge is -2.19. The Labute approximate surface area is 101 Å². The van der Waals surface area contributed by atoms with Crippen LogP contribution in [-0.2, 0) is 16.1 Å². The van der Waals surface area contributed by atoms with Crippen LogP contribution in [0.5, 0.6) is 0 Å². The van der Waals surface area contributed by atoms with Gasteiger partial charge >= 0.3 is 11.8 Å². The Morgan fingerprint density at radius 2 is 2.00 bits per heavy atom. The first-order valence-electron chi connectivity index (χ1n) is 5.80. The molecule has 1 atom stereocenters. The molecule has 0 saturated carbocycles. The van der Waals surface area contributed by atoms with Crippen LogP contribution in [0.15, 0.2) is 30.3 Å². The van der Waals surface area contributed by atoms with Crippen molar-refractivity contribution in [3.8, 4) is 0 Å². The predicted molar refractivity (Wildman–Crippen MR) is 64.1 cm³/mol. The first-order chi connectivity index (χ1) is 8.16. The molecule has 0 unspecified atom stereocenters. The molecule has 1 aromatic rings. The molecule has 1 heterocycles. The predicted octanol–water partition coefficient (Wildman–Crippen LogP) is 0.924. The van der Waals surface area contributed by atoms with E-state index >= 15 is 0 Å². The number of carbonyl (C=O) groups excluding carboxylic acids is 2. The average molecular weight is 232 g/mol. The molecule has 0 aromatic heterocycles. The van der Waals surface area contributed by atoms with Gasteiger partial charge in [0.2, 0.25) is 0 Å². The summed E-state index contributed by atoms with van der Waals surface area (Å²) < 4.78 is 0. The maximum atomic E-state index is 11.8. The summed E-state index contributed by atoms with van der Waals surface area (Å²) in [5.74, 6) is -0.927. The first-order valence-corrected chi connectivity index (χ1v) is 5.80. The van der Waals surface area contributed by atoms with Crippen LogP contribution < -0.4 is 5.32 Å². The quantitative estimate of drug-likeness (QED) is 0.771. The van der Waals surface area contributed by atoms with Crippen LogP contribution in [0.3, 0.4) is 0 Å². The molecule has 1 aliphatic heterocycles. The van der Waals surface area contributed by atoms with Crippen molar-refractivity contribution < 1.29 is 9.59 Å². The number of rotatable bonds is 2. The molecule has 0 spiro atoms. The molecule has 2 rings (SSSR count). The highest BCUT2D eigenvalue weighted by Crippen LogP contribution is 2.09. The molecule has 1 aliphatic rings. The van der Waals surface area contributed by atoms with Gasteiger partial charge < -0.3 is 10.2 Å². The number of nitrogens with zero attached hydrogens (tertiary/aromatic N) is 1. The van der Waals surface area contributed by atoms with Crippen LogP contribution in [0.4, 0.5) is 0 Å². The van der Waals surface area contributed by atoms with Crippen molar-refractivity contribution in [3.63, 3.8) is 0 Å². The summed E-state index contributed by atoms with van der Waals surface area (Å²) in [6.45, 7) is 3.03. The van der Waals surface area contributed by atoms with Gasteiger partial charge in [0, 0.05) is 19.1 Å². The monoisotopic (exact) mass is 232 g/mol. The van der Waals surface area contributed by atoms with Crippen molar-refractivity contribution in [3.05, 3.63) is 35.9 Å². The Morgan fingerprint density at radius 1 is 1.29 bits per heavy atom. The van der Waals surface area contributed by atoms with E-state index in [-0.39, 0.29) is 6.04 Å². The van der Waals surface area contributed by atoms with Gasteiger partial charge in [0.05, 0.1) is 0 Å². The Hall–Kier alpha value is -1.84. The SMILES string of the molecule is C[C@@H]1CCN(Cc2ccccc2)C(=O)C(=O)N1. The number of benzene rings is 1. The second kappa shape index (κ2) is 4.99. The Morgan fingerprint density at radius 3 is 2.71 bits per heavy atom. The van der Waals surface area contributed by atoms with Crippen molar-refractivity contribution in [2.45, 2.75) is 25.9 Å². The molecular weight excluding hydrogens is 216 g/mol. The summed E-state index contributed by atoms with van der Waals surface area (Å²) in [6.07, 6.45) is 0.796. The molecule has 90 valence electrons. The van der Waals surface area contributed by atoms with Gasteiger partial charge in [-0.25, -0.2) is 0 Å². The fourth-order valence-electron chi connectivity index (χ4n) is 1.91. The second-order valence-electron chi connectivity index (χ2n) is 4.38. The van der Waals surface area contributed by atoms with Crippen molar-refractivity contribution in [1.82, 2.24) is 10.2 Å². The smallest absolute Gasteiger partial charge is 0.312 e. The van der Waals surface area contributed by atoms with Crippen LogP contribution in [-0.4, -0.2) is 29.3 Å². The molecule has 4 nitrogen and oxygen atoms in total. The molecule has 1 fully saturated rings. The van der Waals surface area contributed by atoms with Gasteiger partial charge in [-0.3, -0.25) is 9.59 Å². The summed E-state index contributed by atoms with van der Waals surface area (Å²) in [5.41, 5.74) is 1.04. The van der Waals surface area contributed by atoms with Crippen LogP contribution >= 0.6 is 0 Å². The largest absolute Gasteiger partial charge is 0.345 e. The zero-order chi connectivity index (χ0) is 12.3. The summed E-state index contributed by atoms with van der Waals surface area (Å²) in [4.78, 5) is 24.9. The first kappa shape index (κ1) is 11.6. The highest BCUT2D eigenvalue weighted by Gasteiger charge is 2.26. The third-order valence-electron chi connectivity index (χ3n) is 2.91. The average Bonchev–Trinajstić information content (AvgIpc) is 2.44. The number of carbonyl (C=O) groups is 2. The van der Waals surface area contributed by atoms with E-state index in [1.165, 1.54) is 0 Å². The molecule has 0 aliphatic carbocycles. The van der Waals surface area contributed by atoms with E-state index in [1.54, 1.807) is 4.90 Å². The van der Waals surface area contributed by atoms with E-state index in [2.05, 4.69) is 5.32 Å². The number of hydrogen-bond donors (Lipinski definition) is 1. The lowest BCUT2D eigenvalue weighted by molar-refractivity contribution is -0.145. The molecular formula is C13H16N2O2. The second-order valence-corrected chi connectivity index (χ2v) is 4.38. The highest BCUT2D eigenvalue weighted by atomic mass is 16.2. The normalized spacial score (nSPS) is 21.0. The van der Waals surface area contributed by atoms with Gasteiger partial charge in [-0.2, -0.15) is 0 Å². The van der Waals surface area contributed by atoms with E-state index in [0.29, 0.717) is 13.1 Å². The molecule has 1 aromatic carbocycles. The standard InChI is InChI=1S/C13H16N2O2/c1-10-7-8-15(13(17)12(16)14-10)9-11-5-3-2-4-6-11/h2-6,10H,7-9H2,1H3,(H,14,16)/t10-/m1/s1. The molecule has 0 radical (unpaired) electrons. The molecule has 0 bridgehead atoms. The van der Waals surface area contributed by atoms with Crippen molar-refractivity contribution in [2.75, 3.05) is 6.54 Å². The fraction of sp³-hybridized carbons (Fsp3) is 0.385. The summed E-state index contributed by atoms with van der Waals surface area (Å²) in [5, 5.41) is 2.68. The van der Waals surface area contributed by atoms with Crippen molar-refractivity contribution in [2.24, 2.45) is 0 Å². The van der Waals surface area contributed by atoms with E-state index in [0.717, 1.165) is 12.0 Å². The lowest BCUT2D eigenvalue weighted by atomic mass is 10.2. The third-order valence-corrected chi connectivity index (χ3v) is 2.91. The van der Waals surface area contributed by atoms with E-state index < -0.39 is 11.8 Å². The zero-order valence-electron chi connectivity index (χ0n) is 9.85. The molecule has 17 heavy (non-hydrogen) atoms. The Balaban J connectivity index is 2.09. The number of hydrogen-bond acceptors (Lipinski definition) is 2. The summed E-state index contributed by atoms with van der Waals surface area (Å²) in [7, 11) is 0. The van der Waals surface area contributed by atoms with E-state index in [1.807, 2.05) is 37.3 Å². The topological polar surface area (TPSA) is 49.4 Å². The molecule has 2 amide bonds. The maximum Gasteiger partial charge on any atom is 0.312 e. The molecule has 4 heteroatoms. The van der Waals surface area contributed by atoms with E-state index in [4.69, 9.17) is 0 Å². The summed E-state index contributed by atoms with van der Waals surface area (Å²) >= 11 is 0. The van der Waals surface area contributed by atoms with Crippen LogP contribution in [0, 0.1) is 0 Å². The van der Waals surface area contributed by atoms with Crippen LogP contribution in [0.25, 0.3) is 0 Å². The minimum absolute atomic E-state index is 0.0622. The van der Waals surface area contributed by atoms with Crippen LogP contribution in [0.2, 0.25) is 0 Å². The minimum Gasteiger partial charge on any atom is -0.345 e. The molecule has 1 saturated heterocycles. The zero-order valence-corrected chi connectivity index (χ0v) is 9.85. The van der Waals surface area contributed by atoms with Crippen molar-refractivity contribution >= 4 is 11.8 Å². The summed E-state index contributed by atoms with van der Waals surface area (Å²) in [6, 6.07) is 9.77. The highest BCUT2D eigenvalue weighted by molar-refractivity contribution is 6.35.